The number of hydrogen-bond donors (Lipinski definition) is 2. The largest absolute Gasteiger partial charge is 0.367 e. The van der Waals surface area contributed by atoms with Gasteiger partial charge < -0.3 is 10.6 Å². The molecule has 2 aromatic rings. The van der Waals surface area contributed by atoms with E-state index < -0.39 is 0 Å². The Bertz CT molecular complexity index is 628. The summed E-state index contributed by atoms with van der Waals surface area (Å²) < 4.78 is 0. The van der Waals surface area contributed by atoms with Crippen molar-refractivity contribution in [3.05, 3.63) is 54.0 Å². The molecule has 1 aromatic carbocycles. The van der Waals surface area contributed by atoms with Gasteiger partial charge in [-0.3, -0.25) is 0 Å². The van der Waals surface area contributed by atoms with Crippen molar-refractivity contribution < 1.29 is 0 Å². The highest BCUT2D eigenvalue weighted by Crippen LogP contribution is 2.16. The maximum absolute atomic E-state index is 8.71. The summed E-state index contributed by atoms with van der Waals surface area (Å²) in [5.74, 6) is 0.668. The summed E-state index contributed by atoms with van der Waals surface area (Å²) >= 11 is 0. The standard InChI is InChI=1S/C17H21N5/c1-13(14-7-5-4-6-8-14)22-17(2,3)12-21-16-11-19-15(9-18)10-20-16/h4-8,10-11,13,22H,12H2,1-3H3,(H,20,21)/t13-/m0/s1. The molecule has 22 heavy (non-hydrogen) atoms. The fraction of sp³-hybridized carbons (Fsp3) is 0.353. The zero-order valence-corrected chi connectivity index (χ0v) is 13.2. The monoisotopic (exact) mass is 295 g/mol. The topological polar surface area (TPSA) is 73.6 Å². The maximum Gasteiger partial charge on any atom is 0.158 e. The molecule has 1 heterocycles. The third-order valence-corrected chi connectivity index (χ3v) is 3.38. The molecule has 0 fully saturated rings. The number of rotatable bonds is 6. The molecule has 0 aliphatic rings. The highest BCUT2D eigenvalue weighted by atomic mass is 15.1. The van der Waals surface area contributed by atoms with Crippen LogP contribution in [0.2, 0.25) is 0 Å². The lowest BCUT2D eigenvalue weighted by atomic mass is 10.0. The third-order valence-electron chi connectivity index (χ3n) is 3.38. The predicted octanol–water partition coefficient (Wildman–Crippen LogP) is 2.89. The first kappa shape index (κ1) is 15.9. The fourth-order valence-electron chi connectivity index (χ4n) is 2.25. The van der Waals surface area contributed by atoms with E-state index in [4.69, 9.17) is 5.26 Å². The van der Waals surface area contributed by atoms with Gasteiger partial charge in [0.25, 0.3) is 0 Å². The van der Waals surface area contributed by atoms with Gasteiger partial charge in [0, 0.05) is 18.1 Å². The number of nitrogens with zero attached hydrogens (tertiary/aromatic N) is 3. The van der Waals surface area contributed by atoms with E-state index in [0.29, 0.717) is 18.1 Å². The zero-order chi connectivity index (χ0) is 16.0. The zero-order valence-electron chi connectivity index (χ0n) is 13.2. The molecule has 0 bridgehead atoms. The van der Waals surface area contributed by atoms with Gasteiger partial charge in [0.1, 0.15) is 11.9 Å². The number of aromatic nitrogens is 2. The second-order valence-electron chi connectivity index (χ2n) is 5.91. The fourth-order valence-corrected chi connectivity index (χ4v) is 2.25. The van der Waals surface area contributed by atoms with Crippen molar-refractivity contribution in [1.82, 2.24) is 15.3 Å². The van der Waals surface area contributed by atoms with Crippen molar-refractivity contribution in [1.29, 1.82) is 5.26 Å². The Morgan fingerprint density at radius 3 is 2.50 bits per heavy atom. The molecule has 114 valence electrons. The number of nitrogens with one attached hydrogen (secondary N) is 2. The number of anilines is 1. The van der Waals surface area contributed by atoms with Gasteiger partial charge >= 0.3 is 0 Å². The molecule has 5 nitrogen and oxygen atoms in total. The van der Waals surface area contributed by atoms with E-state index in [2.05, 4.69) is 53.5 Å². The average molecular weight is 295 g/mol. The van der Waals surface area contributed by atoms with Crippen LogP contribution in [0.4, 0.5) is 5.82 Å². The molecule has 0 saturated heterocycles. The number of nitriles is 1. The lowest BCUT2D eigenvalue weighted by Crippen LogP contribution is -2.46. The van der Waals surface area contributed by atoms with Crippen LogP contribution in [0.3, 0.4) is 0 Å². The molecule has 1 atom stereocenters. The van der Waals surface area contributed by atoms with Crippen molar-refractivity contribution in [3.8, 4) is 6.07 Å². The van der Waals surface area contributed by atoms with E-state index >= 15 is 0 Å². The molecule has 2 N–H and O–H groups in total. The molecule has 0 spiro atoms. The van der Waals surface area contributed by atoms with Gasteiger partial charge in [0.2, 0.25) is 0 Å². The normalized spacial score (nSPS) is 12.5. The Balaban J connectivity index is 1.91. The Labute approximate surface area is 131 Å². The van der Waals surface area contributed by atoms with Crippen molar-refractivity contribution >= 4 is 5.82 Å². The predicted molar refractivity (Wildman–Crippen MR) is 87.3 cm³/mol. The summed E-state index contributed by atoms with van der Waals surface area (Å²) in [6, 6.07) is 12.6. The minimum Gasteiger partial charge on any atom is -0.367 e. The summed E-state index contributed by atoms with van der Waals surface area (Å²) in [7, 11) is 0. The van der Waals surface area contributed by atoms with E-state index in [1.807, 2.05) is 24.3 Å². The van der Waals surface area contributed by atoms with E-state index in [9.17, 15) is 0 Å². The molecular formula is C17H21N5. The second-order valence-corrected chi connectivity index (χ2v) is 5.91. The van der Waals surface area contributed by atoms with Crippen LogP contribution in [-0.4, -0.2) is 22.1 Å². The third kappa shape index (κ3) is 4.54. The Kier molecular flexibility index (Phi) is 5.08. The van der Waals surface area contributed by atoms with Crippen LogP contribution >= 0.6 is 0 Å². The van der Waals surface area contributed by atoms with Crippen molar-refractivity contribution in [2.24, 2.45) is 0 Å². The number of hydrogen-bond acceptors (Lipinski definition) is 5. The smallest absolute Gasteiger partial charge is 0.158 e. The lowest BCUT2D eigenvalue weighted by molar-refractivity contribution is 0.364. The summed E-state index contributed by atoms with van der Waals surface area (Å²) in [4.78, 5) is 8.17. The molecule has 0 aliphatic carbocycles. The summed E-state index contributed by atoms with van der Waals surface area (Å²) in [5.41, 5.74) is 1.46. The Morgan fingerprint density at radius 2 is 1.91 bits per heavy atom. The van der Waals surface area contributed by atoms with Gasteiger partial charge in [-0.05, 0) is 26.3 Å². The molecule has 0 radical (unpaired) electrons. The first-order chi connectivity index (χ1) is 10.5. The average Bonchev–Trinajstić information content (AvgIpc) is 2.54. The summed E-state index contributed by atoms with van der Waals surface area (Å²) in [6.07, 6.45) is 3.05. The van der Waals surface area contributed by atoms with Gasteiger partial charge in [-0.1, -0.05) is 30.3 Å². The molecule has 1 aromatic heterocycles. The van der Waals surface area contributed by atoms with E-state index in [1.165, 1.54) is 11.8 Å². The minimum atomic E-state index is -0.120. The van der Waals surface area contributed by atoms with Crippen LogP contribution in [0.1, 0.15) is 38.1 Å². The first-order valence-corrected chi connectivity index (χ1v) is 7.29. The van der Waals surface area contributed by atoms with Crippen LogP contribution in [0.5, 0.6) is 0 Å². The lowest BCUT2D eigenvalue weighted by Gasteiger charge is -2.31. The van der Waals surface area contributed by atoms with Crippen LogP contribution < -0.4 is 10.6 Å². The second kappa shape index (κ2) is 7.01. The van der Waals surface area contributed by atoms with E-state index in [-0.39, 0.29) is 11.6 Å². The molecule has 0 saturated carbocycles. The molecular weight excluding hydrogens is 274 g/mol. The highest BCUT2D eigenvalue weighted by molar-refractivity contribution is 5.33. The minimum absolute atomic E-state index is 0.120. The highest BCUT2D eigenvalue weighted by Gasteiger charge is 2.20. The van der Waals surface area contributed by atoms with Gasteiger partial charge in [0.15, 0.2) is 5.69 Å². The Morgan fingerprint density at radius 1 is 1.18 bits per heavy atom. The van der Waals surface area contributed by atoms with E-state index in [1.54, 1.807) is 6.20 Å². The molecule has 0 amide bonds. The number of benzene rings is 1. The van der Waals surface area contributed by atoms with Gasteiger partial charge in [-0.2, -0.15) is 5.26 Å². The molecule has 5 heteroatoms. The molecule has 2 rings (SSSR count). The molecule has 0 aliphatic heterocycles. The van der Waals surface area contributed by atoms with Crippen molar-refractivity contribution in [2.75, 3.05) is 11.9 Å². The SMILES string of the molecule is C[C@H](NC(C)(C)CNc1cnc(C#N)cn1)c1ccccc1. The van der Waals surface area contributed by atoms with Crippen LogP contribution in [0.15, 0.2) is 42.7 Å². The maximum atomic E-state index is 8.71. The quantitative estimate of drug-likeness (QED) is 0.857. The van der Waals surface area contributed by atoms with Gasteiger partial charge in [-0.25, -0.2) is 9.97 Å². The molecule has 0 unspecified atom stereocenters. The van der Waals surface area contributed by atoms with Crippen LogP contribution in [0, 0.1) is 11.3 Å². The Hall–Kier alpha value is -2.45. The van der Waals surface area contributed by atoms with E-state index in [0.717, 1.165) is 0 Å². The van der Waals surface area contributed by atoms with Gasteiger partial charge in [-0.15, -0.1) is 0 Å². The van der Waals surface area contributed by atoms with Crippen LogP contribution in [-0.2, 0) is 0 Å². The van der Waals surface area contributed by atoms with Gasteiger partial charge in [0.05, 0.1) is 12.4 Å². The van der Waals surface area contributed by atoms with Crippen LogP contribution in [0.25, 0.3) is 0 Å². The first-order valence-electron chi connectivity index (χ1n) is 7.29. The van der Waals surface area contributed by atoms with Crippen molar-refractivity contribution in [3.63, 3.8) is 0 Å². The van der Waals surface area contributed by atoms with Crippen molar-refractivity contribution in [2.45, 2.75) is 32.4 Å². The summed E-state index contributed by atoms with van der Waals surface area (Å²) in [5, 5.41) is 15.6. The summed E-state index contributed by atoms with van der Waals surface area (Å²) in [6.45, 7) is 7.12.